The van der Waals surface area contributed by atoms with E-state index in [0.717, 1.165) is 16.7 Å². The van der Waals surface area contributed by atoms with Gasteiger partial charge in [0, 0.05) is 5.70 Å². The molecule has 1 unspecified atom stereocenters. The molecule has 0 bridgehead atoms. The molecule has 0 amide bonds. The minimum atomic E-state index is -0.545. The summed E-state index contributed by atoms with van der Waals surface area (Å²) in [4.78, 5) is 16.9. The second-order valence-electron chi connectivity index (χ2n) is 7.34. The van der Waals surface area contributed by atoms with Crippen molar-refractivity contribution in [1.29, 1.82) is 0 Å². The number of ether oxygens (including phenoxy) is 3. The molecule has 32 heavy (non-hydrogen) atoms. The molecule has 0 radical (unpaired) electrons. The van der Waals surface area contributed by atoms with Crippen molar-refractivity contribution in [3.05, 3.63) is 75.2 Å². The highest BCUT2D eigenvalue weighted by Gasteiger charge is 2.35. The molecule has 3 aromatic rings. The summed E-state index contributed by atoms with van der Waals surface area (Å²) in [6, 6.07) is 11.2. The van der Waals surface area contributed by atoms with Crippen LogP contribution in [0.2, 0.25) is 0 Å². The molecule has 1 aromatic heterocycles. The van der Waals surface area contributed by atoms with E-state index in [1.54, 1.807) is 11.8 Å². The molecule has 9 heteroatoms. The fraction of sp³-hybridized carbons (Fsp3) is 0.261. The van der Waals surface area contributed by atoms with E-state index in [2.05, 4.69) is 31.3 Å². The third kappa shape index (κ3) is 3.95. The summed E-state index contributed by atoms with van der Waals surface area (Å²) in [6.45, 7) is 4.25. The van der Waals surface area contributed by atoms with Gasteiger partial charge in [0.05, 0.1) is 24.3 Å². The van der Waals surface area contributed by atoms with Gasteiger partial charge in [0.1, 0.15) is 19.0 Å². The maximum absolute atomic E-state index is 12.6. The number of aryl methyl sites for hydroxylation is 1. The lowest BCUT2D eigenvalue weighted by Gasteiger charge is -2.28. The first-order chi connectivity index (χ1) is 15.4. The van der Waals surface area contributed by atoms with Gasteiger partial charge in [-0.15, -0.1) is 0 Å². The van der Waals surface area contributed by atoms with E-state index >= 15 is 0 Å². The summed E-state index contributed by atoms with van der Waals surface area (Å²) < 4.78 is 19.2. The van der Waals surface area contributed by atoms with Crippen molar-refractivity contribution in [3.8, 4) is 11.5 Å². The lowest BCUT2D eigenvalue weighted by atomic mass is 9.95. The monoisotopic (exact) mass is 498 g/mol. The number of carbonyl (C=O) groups excluding carboxylic acids is 1. The van der Waals surface area contributed by atoms with E-state index < -0.39 is 12.0 Å². The zero-order valence-electron chi connectivity index (χ0n) is 18.2. The molecule has 1 atom stereocenters. The number of esters is 1. The van der Waals surface area contributed by atoms with E-state index in [4.69, 9.17) is 14.2 Å². The van der Waals surface area contributed by atoms with Gasteiger partial charge in [-0.2, -0.15) is 10.1 Å². The zero-order valence-corrected chi connectivity index (χ0v) is 19.8. The maximum atomic E-state index is 12.6. The van der Waals surface area contributed by atoms with Crippen LogP contribution in [0.15, 0.2) is 58.5 Å². The summed E-state index contributed by atoms with van der Waals surface area (Å²) in [5.41, 5.74) is 4.09. The Morgan fingerprint density at radius 2 is 2.00 bits per heavy atom. The van der Waals surface area contributed by atoms with Crippen LogP contribution < -0.4 is 14.8 Å². The number of fused-ring (bicyclic) bond motifs is 1. The molecule has 1 aliphatic heterocycles. The number of hydrogen-bond donors (Lipinski definition) is 1. The lowest BCUT2D eigenvalue weighted by molar-refractivity contribution is -0.136. The Kier molecular flexibility index (Phi) is 6.18. The Hall–Kier alpha value is -3.33. The number of aromatic nitrogens is 3. The van der Waals surface area contributed by atoms with Gasteiger partial charge in [-0.3, -0.25) is 0 Å². The Morgan fingerprint density at radius 3 is 2.72 bits per heavy atom. The molecule has 166 valence electrons. The number of nitrogens with one attached hydrogen (secondary N) is 1. The van der Waals surface area contributed by atoms with E-state index in [1.807, 2.05) is 50.2 Å². The first-order valence-electron chi connectivity index (χ1n) is 9.95. The van der Waals surface area contributed by atoms with Gasteiger partial charge in [0.25, 0.3) is 0 Å². The summed E-state index contributed by atoms with van der Waals surface area (Å²) in [7, 11) is 2.94. The van der Waals surface area contributed by atoms with Crippen LogP contribution >= 0.6 is 15.9 Å². The number of benzene rings is 2. The standard InChI is InChI=1S/C23H23BrN4O4/c1-13-7-5-6-8-15(13)11-32-21-17(24)9-16(10-18(21)30-3)20-19(22(29)31-4)14(2)27-23-25-12-26-28(20)23/h5-10,12,20H,11H2,1-4H3,(H,25,26,27). The maximum Gasteiger partial charge on any atom is 0.338 e. The number of hydrogen-bond acceptors (Lipinski definition) is 7. The number of anilines is 1. The van der Waals surface area contributed by atoms with Gasteiger partial charge in [0.15, 0.2) is 11.5 Å². The topological polar surface area (TPSA) is 87.5 Å². The molecule has 2 heterocycles. The van der Waals surface area contributed by atoms with Crippen molar-refractivity contribution >= 4 is 27.8 Å². The normalized spacial score (nSPS) is 15.1. The number of nitrogens with zero attached hydrogens (tertiary/aromatic N) is 3. The molecule has 0 aliphatic carbocycles. The second kappa shape index (κ2) is 9.04. The first-order valence-corrected chi connectivity index (χ1v) is 10.7. The number of carbonyl (C=O) groups is 1. The van der Waals surface area contributed by atoms with Gasteiger partial charge in [-0.1, -0.05) is 24.3 Å². The smallest absolute Gasteiger partial charge is 0.338 e. The summed E-state index contributed by atoms with van der Waals surface area (Å²) in [5.74, 6) is 1.20. The molecule has 8 nitrogen and oxygen atoms in total. The van der Waals surface area contributed by atoms with Crippen LogP contribution in [0.1, 0.15) is 29.7 Å². The highest BCUT2D eigenvalue weighted by Crippen LogP contribution is 2.43. The molecule has 0 spiro atoms. The van der Waals surface area contributed by atoms with Gasteiger partial charge >= 0.3 is 5.97 Å². The quantitative estimate of drug-likeness (QED) is 0.503. The number of allylic oxidation sites excluding steroid dienone is 1. The fourth-order valence-corrected chi connectivity index (χ4v) is 4.31. The van der Waals surface area contributed by atoms with Crippen molar-refractivity contribution in [2.75, 3.05) is 19.5 Å². The van der Waals surface area contributed by atoms with Crippen molar-refractivity contribution < 1.29 is 19.0 Å². The summed E-state index contributed by atoms with van der Waals surface area (Å²) in [5, 5.41) is 7.43. The van der Waals surface area contributed by atoms with Crippen LogP contribution in [-0.2, 0) is 16.1 Å². The zero-order chi connectivity index (χ0) is 22.8. The van der Waals surface area contributed by atoms with Gasteiger partial charge in [-0.05, 0) is 58.6 Å². The highest BCUT2D eigenvalue weighted by molar-refractivity contribution is 9.10. The van der Waals surface area contributed by atoms with E-state index in [1.165, 1.54) is 13.4 Å². The minimum absolute atomic E-state index is 0.397. The predicted octanol–water partition coefficient (Wildman–Crippen LogP) is 4.40. The van der Waals surface area contributed by atoms with E-state index in [-0.39, 0.29) is 0 Å². The van der Waals surface area contributed by atoms with Crippen LogP contribution in [0.4, 0.5) is 5.95 Å². The molecular formula is C23H23BrN4O4. The van der Waals surface area contributed by atoms with E-state index in [9.17, 15) is 4.79 Å². The van der Waals surface area contributed by atoms with Crippen molar-refractivity contribution in [2.45, 2.75) is 26.5 Å². The average Bonchev–Trinajstić information content (AvgIpc) is 3.25. The number of rotatable bonds is 6. The molecule has 1 aliphatic rings. The Balaban J connectivity index is 1.75. The predicted molar refractivity (Wildman–Crippen MR) is 123 cm³/mol. The SMILES string of the molecule is COC(=O)C1=C(C)Nc2ncnn2C1c1cc(Br)c(OCc2ccccc2C)c(OC)c1. The fourth-order valence-electron chi connectivity index (χ4n) is 3.73. The van der Waals surface area contributed by atoms with Crippen LogP contribution in [0.5, 0.6) is 11.5 Å². The van der Waals surface area contributed by atoms with Crippen LogP contribution in [0.25, 0.3) is 0 Å². The average molecular weight is 499 g/mol. The van der Waals surface area contributed by atoms with Gasteiger partial charge in [-0.25, -0.2) is 9.48 Å². The lowest BCUT2D eigenvalue weighted by Crippen LogP contribution is -2.29. The van der Waals surface area contributed by atoms with Crippen molar-refractivity contribution in [1.82, 2.24) is 14.8 Å². The molecule has 0 fully saturated rings. The Morgan fingerprint density at radius 1 is 1.22 bits per heavy atom. The van der Waals surface area contributed by atoms with Crippen molar-refractivity contribution in [3.63, 3.8) is 0 Å². The van der Waals surface area contributed by atoms with Gasteiger partial charge < -0.3 is 19.5 Å². The third-order valence-corrected chi connectivity index (χ3v) is 5.99. The molecule has 2 aromatic carbocycles. The van der Waals surface area contributed by atoms with Crippen LogP contribution in [0.3, 0.4) is 0 Å². The molecule has 0 saturated heterocycles. The van der Waals surface area contributed by atoms with Gasteiger partial charge in [0.2, 0.25) is 5.95 Å². The second-order valence-corrected chi connectivity index (χ2v) is 8.19. The number of methoxy groups -OCH3 is 2. The summed E-state index contributed by atoms with van der Waals surface area (Å²) in [6.07, 6.45) is 1.44. The van der Waals surface area contributed by atoms with Crippen LogP contribution in [0, 0.1) is 6.92 Å². The molecule has 4 rings (SSSR count). The van der Waals surface area contributed by atoms with Crippen molar-refractivity contribution in [2.24, 2.45) is 0 Å². The Labute approximate surface area is 194 Å². The minimum Gasteiger partial charge on any atom is -0.493 e. The third-order valence-electron chi connectivity index (χ3n) is 5.40. The first kappa shape index (κ1) is 21.9. The van der Waals surface area contributed by atoms with Crippen LogP contribution in [-0.4, -0.2) is 35.0 Å². The largest absolute Gasteiger partial charge is 0.493 e. The van der Waals surface area contributed by atoms with E-state index in [0.29, 0.717) is 39.8 Å². The molecular weight excluding hydrogens is 476 g/mol. The highest BCUT2D eigenvalue weighted by atomic mass is 79.9. The molecule has 0 saturated carbocycles. The number of halogens is 1. The Bertz CT molecular complexity index is 1200. The summed E-state index contributed by atoms with van der Waals surface area (Å²) >= 11 is 3.62. The molecule has 1 N–H and O–H groups in total.